The quantitative estimate of drug-likeness (QED) is 0.314. The van der Waals surface area contributed by atoms with Crippen molar-refractivity contribution in [2.45, 2.75) is 41.5 Å². The highest BCUT2D eigenvalue weighted by Crippen LogP contribution is 2.08. The van der Waals surface area contributed by atoms with Gasteiger partial charge in [-0.3, -0.25) is 9.97 Å². The van der Waals surface area contributed by atoms with E-state index in [1.807, 2.05) is 60.9 Å². The van der Waals surface area contributed by atoms with Gasteiger partial charge < -0.3 is 0 Å². The highest BCUT2D eigenvalue weighted by molar-refractivity contribution is 5.78. The van der Waals surface area contributed by atoms with Crippen molar-refractivity contribution < 1.29 is 0 Å². The van der Waals surface area contributed by atoms with Gasteiger partial charge in [0.15, 0.2) is 0 Å². The summed E-state index contributed by atoms with van der Waals surface area (Å²) in [5.74, 6) is 1.67. The number of nitrogens with zero attached hydrogens (tertiary/aromatic N) is 2. The Bertz CT molecular complexity index is 700. The van der Waals surface area contributed by atoms with Gasteiger partial charge in [0.2, 0.25) is 0 Å². The van der Waals surface area contributed by atoms with Gasteiger partial charge in [0.05, 0.1) is 11.0 Å². The van der Waals surface area contributed by atoms with Crippen LogP contribution in [-0.4, -0.2) is 9.97 Å². The van der Waals surface area contributed by atoms with Crippen LogP contribution < -0.4 is 0 Å². The van der Waals surface area contributed by atoms with Crippen molar-refractivity contribution in [2.24, 2.45) is 11.8 Å². The van der Waals surface area contributed by atoms with E-state index >= 15 is 0 Å². The van der Waals surface area contributed by atoms with Gasteiger partial charge in [-0.05, 0) is 36.1 Å². The van der Waals surface area contributed by atoms with Gasteiger partial charge >= 0.3 is 0 Å². The second-order valence-electron chi connectivity index (χ2n) is 7.86. The van der Waals surface area contributed by atoms with Crippen molar-refractivity contribution in [3.05, 3.63) is 85.2 Å². The molecule has 4 aromatic rings. The molecule has 0 radical (unpaired) electrons. The molecule has 4 rings (SSSR count). The fourth-order valence-corrected chi connectivity index (χ4v) is 2.03. The van der Waals surface area contributed by atoms with Crippen LogP contribution in [0, 0.1) is 11.8 Å². The third kappa shape index (κ3) is 10.4. The molecule has 0 spiro atoms. The molecule has 2 heteroatoms. The Kier molecular flexibility index (Phi) is 11.2. The van der Waals surface area contributed by atoms with Crippen LogP contribution in [0.3, 0.4) is 0 Å². The summed E-state index contributed by atoms with van der Waals surface area (Å²) in [5, 5.41) is 2.40. The molecule has 0 saturated carbocycles. The number of aromatic nitrogens is 2. The summed E-state index contributed by atoms with van der Waals surface area (Å²) in [4.78, 5) is 8.36. The number of pyridine rings is 2. The van der Waals surface area contributed by atoms with E-state index in [1.165, 1.54) is 10.8 Å². The average Bonchev–Trinajstić information content (AvgIpc) is 2.68. The fraction of sp³-hybridized carbons (Fsp3) is 0.308. The zero-order valence-corrected chi connectivity index (χ0v) is 18.1. The van der Waals surface area contributed by atoms with Gasteiger partial charge in [-0.15, -0.1) is 0 Å². The normalized spacial score (nSPS) is 9.71. The Labute approximate surface area is 170 Å². The zero-order valence-electron chi connectivity index (χ0n) is 18.1. The number of fused-ring (bicyclic) bond motifs is 2. The second-order valence-corrected chi connectivity index (χ2v) is 7.86. The first-order chi connectivity index (χ1) is 13.4. The predicted molar refractivity (Wildman–Crippen MR) is 125 cm³/mol. The molecular weight excluding hydrogens is 340 g/mol. The number of hydrogen-bond acceptors (Lipinski definition) is 2. The molecule has 0 amide bonds. The number of hydrogen-bond donors (Lipinski definition) is 0. The van der Waals surface area contributed by atoms with Crippen molar-refractivity contribution >= 4 is 21.8 Å². The van der Waals surface area contributed by atoms with E-state index in [0.29, 0.717) is 0 Å². The van der Waals surface area contributed by atoms with Crippen molar-refractivity contribution in [1.82, 2.24) is 9.97 Å². The van der Waals surface area contributed by atoms with Crippen LogP contribution in [0.4, 0.5) is 0 Å². The summed E-state index contributed by atoms with van der Waals surface area (Å²) in [6.45, 7) is 13.0. The molecule has 0 saturated heterocycles. The first-order valence-electron chi connectivity index (χ1n) is 9.99. The maximum absolute atomic E-state index is 4.18. The second kappa shape index (κ2) is 13.4. The zero-order chi connectivity index (χ0) is 20.8. The van der Waals surface area contributed by atoms with Crippen molar-refractivity contribution in [3.63, 3.8) is 0 Å². The largest absolute Gasteiger partial charge is 0.256 e. The van der Waals surface area contributed by atoms with Gasteiger partial charge in [-0.25, -0.2) is 0 Å². The summed E-state index contributed by atoms with van der Waals surface area (Å²) >= 11 is 0. The maximum atomic E-state index is 4.18. The minimum Gasteiger partial charge on any atom is -0.256 e. The number of benzene rings is 2. The molecule has 0 aliphatic rings. The van der Waals surface area contributed by atoms with Crippen LogP contribution in [0.25, 0.3) is 21.8 Å². The summed E-state index contributed by atoms with van der Waals surface area (Å²) in [6, 6.07) is 24.2. The van der Waals surface area contributed by atoms with E-state index in [0.717, 1.165) is 22.9 Å². The molecule has 0 aliphatic carbocycles. The average molecular weight is 375 g/mol. The monoisotopic (exact) mass is 374 g/mol. The molecular formula is C26H34N2. The number of para-hydroxylation sites is 2. The lowest BCUT2D eigenvalue weighted by molar-refractivity contribution is 0.736. The number of rotatable bonds is 0. The molecule has 2 nitrogen and oxygen atoms in total. The van der Waals surface area contributed by atoms with Crippen LogP contribution >= 0.6 is 0 Å². The molecule has 0 N–H and O–H groups in total. The Hall–Kier alpha value is -2.74. The molecule has 28 heavy (non-hydrogen) atoms. The van der Waals surface area contributed by atoms with E-state index in [-0.39, 0.29) is 0 Å². The SMILES string of the molecule is CC(C)C.CC(C)C.c1ccc2ncccc2c1.c1ccc2ncccc2c1. The summed E-state index contributed by atoms with van der Waals surface area (Å²) in [7, 11) is 0. The molecule has 0 aliphatic heterocycles. The van der Waals surface area contributed by atoms with E-state index in [4.69, 9.17) is 0 Å². The van der Waals surface area contributed by atoms with E-state index in [2.05, 4.69) is 75.8 Å². The molecule has 2 heterocycles. The maximum Gasteiger partial charge on any atom is 0.0701 e. The highest BCUT2D eigenvalue weighted by atomic mass is 14.6. The molecule has 0 atom stereocenters. The topological polar surface area (TPSA) is 25.8 Å². The predicted octanol–water partition coefficient (Wildman–Crippen LogP) is 7.79. The standard InChI is InChI=1S/2C9H7N.2C4H10/c2*1-2-6-9-8(4-1)5-3-7-10-9;2*1-4(2)3/h2*1-7H;2*4H,1-3H3. The van der Waals surface area contributed by atoms with Gasteiger partial charge in [0.1, 0.15) is 0 Å². The lowest BCUT2D eigenvalue weighted by Crippen LogP contribution is -1.73. The molecule has 2 aromatic heterocycles. The van der Waals surface area contributed by atoms with Gasteiger partial charge in [0.25, 0.3) is 0 Å². The first-order valence-corrected chi connectivity index (χ1v) is 9.99. The van der Waals surface area contributed by atoms with Gasteiger partial charge in [0, 0.05) is 23.2 Å². The Morgan fingerprint density at radius 1 is 0.464 bits per heavy atom. The van der Waals surface area contributed by atoms with E-state index in [9.17, 15) is 0 Å². The Balaban J connectivity index is 0.000000206. The first kappa shape index (κ1) is 23.3. The minimum atomic E-state index is 0.833. The third-order valence-corrected chi connectivity index (χ3v) is 3.02. The summed E-state index contributed by atoms with van der Waals surface area (Å²) in [5.41, 5.74) is 2.12. The van der Waals surface area contributed by atoms with Crippen LogP contribution in [0.2, 0.25) is 0 Å². The third-order valence-electron chi connectivity index (χ3n) is 3.02. The fourth-order valence-electron chi connectivity index (χ4n) is 2.03. The summed E-state index contributed by atoms with van der Waals surface area (Å²) < 4.78 is 0. The molecule has 0 fully saturated rings. The lowest BCUT2D eigenvalue weighted by Gasteiger charge is -1.91. The van der Waals surface area contributed by atoms with Crippen molar-refractivity contribution in [3.8, 4) is 0 Å². The molecule has 148 valence electrons. The van der Waals surface area contributed by atoms with Crippen LogP contribution in [0.5, 0.6) is 0 Å². The summed E-state index contributed by atoms with van der Waals surface area (Å²) in [6.07, 6.45) is 3.62. The lowest BCUT2D eigenvalue weighted by atomic mass is 10.2. The van der Waals surface area contributed by atoms with E-state index < -0.39 is 0 Å². The Morgan fingerprint density at radius 3 is 1.07 bits per heavy atom. The Morgan fingerprint density at radius 2 is 0.750 bits per heavy atom. The smallest absolute Gasteiger partial charge is 0.0701 e. The minimum absolute atomic E-state index is 0.833. The van der Waals surface area contributed by atoms with Gasteiger partial charge in [-0.1, -0.05) is 90.1 Å². The van der Waals surface area contributed by atoms with E-state index in [1.54, 1.807) is 0 Å². The van der Waals surface area contributed by atoms with Gasteiger partial charge in [-0.2, -0.15) is 0 Å². The molecule has 2 aromatic carbocycles. The molecule has 0 bridgehead atoms. The van der Waals surface area contributed by atoms with Crippen LogP contribution in [-0.2, 0) is 0 Å². The van der Waals surface area contributed by atoms with Crippen LogP contribution in [0.1, 0.15) is 41.5 Å². The highest BCUT2D eigenvalue weighted by Gasteiger charge is 1.87. The molecule has 0 unspecified atom stereocenters. The van der Waals surface area contributed by atoms with Crippen molar-refractivity contribution in [1.29, 1.82) is 0 Å². The van der Waals surface area contributed by atoms with Crippen molar-refractivity contribution in [2.75, 3.05) is 0 Å². The van der Waals surface area contributed by atoms with Crippen LogP contribution in [0.15, 0.2) is 85.2 Å².